The second kappa shape index (κ2) is 6.52. The van der Waals surface area contributed by atoms with E-state index in [0.29, 0.717) is 23.2 Å². The number of imidazole rings is 2. The number of ether oxygens (including phenoxy) is 1. The number of rotatable bonds is 5. The Balaban J connectivity index is 1.66. The van der Waals surface area contributed by atoms with Crippen molar-refractivity contribution in [1.29, 1.82) is 0 Å². The number of nitrogens with one attached hydrogen (secondary N) is 2. The molecule has 0 bridgehead atoms. The highest BCUT2D eigenvalue weighted by atomic mass is 79.9. The van der Waals surface area contributed by atoms with Crippen LogP contribution in [0.25, 0.3) is 16.7 Å². The molecular weight excluding hydrogens is 406 g/mol. The summed E-state index contributed by atoms with van der Waals surface area (Å²) >= 11 is 4.91. The van der Waals surface area contributed by atoms with Crippen molar-refractivity contribution in [3.63, 3.8) is 0 Å². The van der Waals surface area contributed by atoms with Gasteiger partial charge in [0.1, 0.15) is 21.7 Å². The van der Waals surface area contributed by atoms with Crippen LogP contribution in [0.2, 0.25) is 0 Å². The van der Waals surface area contributed by atoms with E-state index in [9.17, 15) is 0 Å². The predicted molar refractivity (Wildman–Crippen MR) is 100 cm³/mol. The monoisotopic (exact) mass is 419 g/mol. The van der Waals surface area contributed by atoms with E-state index in [4.69, 9.17) is 4.74 Å². The number of thioether (sulfide) groups is 1. The highest BCUT2D eigenvalue weighted by molar-refractivity contribution is 9.10. The SMILES string of the molecule is COc1cccc2[nH]c(CNc3nc(SC)nn4c(Br)cnc34)nc12. The normalized spacial score (nSPS) is 11.3. The fourth-order valence-corrected chi connectivity index (χ4v) is 3.21. The maximum Gasteiger partial charge on any atom is 0.209 e. The fourth-order valence-electron chi connectivity index (χ4n) is 2.51. The molecule has 0 atom stereocenters. The average molecular weight is 420 g/mol. The Morgan fingerprint density at radius 1 is 1.36 bits per heavy atom. The molecule has 2 N–H and O–H groups in total. The summed E-state index contributed by atoms with van der Waals surface area (Å²) in [6.07, 6.45) is 3.63. The lowest BCUT2D eigenvalue weighted by Gasteiger charge is -2.06. The van der Waals surface area contributed by atoms with Crippen LogP contribution in [0.4, 0.5) is 5.82 Å². The summed E-state index contributed by atoms with van der Waals surface area (Å²) in [7, 11) is 1.64. The number of aromatic amines is 1. The van der Waals surface area contributed by atoms with Crippen molar-refractivity contribution in [3.05, 3.63) is 34.8 Å². The zero-order valence-electron chi connectivity index (χ0n) is 13.4. The molecule has 3 heterocycles. The van der Waals surface area contributed by atoms with E-state index in [2.05, 4.69) is 46.3 Å². The van der Waals surface area contributed by atoms with Crippen LogP contribution < -0.4 is 10.1 Å². The summed E-state index contributed by atoms with van der Waals surface area (Å²) in [4.78, 5) is 16.7. The molecule has 0 aliphatic carbocycles. The van der Waals surface area contributed by atoms with Crippen LogP contribution in [0.15, 0.2) is 34.2 Å². The second-order valence-corrected chi connectivity index (χ2v) is 6.74. The van der Waals surface area contributed by atoms with Gasteiger partial charge in [-0.15, -0.1) is 5.10 Å². The molecule has 4 rings (SSSR count). The molecule has 0 radical (unpaired) electrons. The Morgan fingerprint density at radius 3 is 3.04 bits per heavy atom. The van der Waals surface area contributed by atoms with Crippen molar-refractivity contribution < 1.29 is 4.74 Å². The molecule has 10 heteroatoms. The van der Waals surface area contributed by atoms with Crippen LogP contribution in [0, 0.1) is 0 Å². The van der Waals surface area contributed by atoms with Gasteiger partial charge in [-0.05, 0) is 34.3 Å². The van der Waals surface area contributed by atoms with E-state index in [1.54, 1.807) is 17.8 Å². The number of anilines is 1. The number of hydrogen-bond acceptors (Lipinski definition) is 7. The van der Waals surface area contributed by atoms with Gasteiger partial charge >= 0.3 is 0 Å². The van der Waals surface area contributed by atoms with Crippen LogP contribution in [-0.4, -0.2) is 42.9 Å². The minimum Gasteiger partial charge on any atom is -0.494 e. The Hall–Kier alpha value is -2.33. The molecule has 3 aromatic heterocycles. The van der Waals surface area contributed by atoms with Crippen molar-refractivity contribution in [2.75, 3.05) is 18.7 Å². The molecule has 0 unspecified atom stereocenters. The first-order valence-electron chi connectivity index (χ1n) is 7.40. The number of H-pyrrole nitrogens is 1. The number of aromatic nitrogens is 6. The molecule has 8 nitrogen and oxygen atoms in total. The van der Waals surface area contributed by atoms with Crippen molar-refractivity contribution in [2.24, 2.45) is 0 Å². The van der Waals surface area contributed by atoms with E-state index in [1.807, 2.05) is 24.5 Å². The fraction of sp³-hybridized carbons (Fsp3) is 0.200. The zero-order valence-corrected chi connectivity index (χ0v) is 15.8. The van der Waals surface area contributed by atoms with Crippen molar-refractivity contribution >= 4 is 50.2 Å². The Kier molecular flexibility index (Phi) is 4.22. The quantitative estimate of drug-likeness (QED) is 0.480. The third-order valence-electron chi connectivity index (χ3n) is 3.65. The highest BCUT2D eigenvalue weighted by Gasteiger charge is 2.13. The van der Waals surface area contributed by atoms with E-state index < -0.39 is 0 Å². The van der Waals surface area contributed by atoms with E-state index in [1.165, 1.54) is 11.8 Å². The molecule has 0 spiro atoms. The zero-order chi connectivity index (χ0) is 17.4. The van der Waals surface area contributed by atoms with Crippen LogP contribution in [0.1, 0.15) is 5.82 Å². The number of benzene rings is 1. The molecule has 0 aliphatic heterocycles. The van der Waals surface area contributed by atoms with Gasteiger partial charge in [-0.2, -0.15) is 4.98 Å². The third kappa shape index (κ3) is 2.91. The minimum absolute atomic E-state index is 0.475. The van der Waals surface area contributed by atoms with Gasteiger partial charge in [0, 0.05) is 0 Å². The molecule has 0 saturated carbocycles. The standard InChI is InChI=1S/C15H14BrN7OS/c1-24-9-5-3-4-8-12(9)20-11(19-8)7-17-13-14-18-6-10(16)23(14)22-15(21-13)25-2/h3-6H,7H2,1-2H3,(H,19,20)(H,17,21,22). The Bertz CT molecular complexity index is 1060. The number of nitrogens with zero attached hydrogens (tertiary/aromatic N) is 5. The van der Waals surface area contributed by atoms with Crippen molar-refractivity contribution in [3.8, 4) is 5.75 Å². The molecule has 128 valence electrons. The van der Waals surface area contributed by atoms with Crippen LogP contribution in [0.5, 0.6) is 5.75 Å². The number of hydrogen-bond donors (Lipinski definition) is 2. The summed E-state index contributed by atoms with van der Waals surface area (Å²) in [5.41, 5.74) is 2.39. The van der Waals surface area contributed by atoms with Crippen LogP contribution in [0.3, 0.4) is 0 Å². The number of fused-ring (bicyclic) bond motifs is 2. The van der Waals surface area contributed by atoms with Gasteiger partial charge in [0.2, 0.25) is 5.16 Å². The Morgan fingerprint density at radius 2 is 2.24 bits per heavy atom. The summed E-state index contributed by atoms with van der Waals surface area (Å²) in [5, 5.41) is 8.35. The number of halogens is 1. The van der Waals surface area contributed by atoms with E-state index in [-0.39, 0.29) is 0 Å². The molecule has 25 heavy (non-hydrogen) atoms. The number of para-hydroxylation sites is 1. The summed E-state index contributed by atoms with van der Waals surface area (Å²) in [6, 6.07) is 5.78. The largest absolute Gasteiger partial charge is 0.494 e. The maximum atomic E-state index is 5.35. The molecule has 0 saturated heterocycles. The lowest BCUT2D eigenvalue weighted by molar-refractivity contribution is 0.419. The molecule has 0 fully saturated rings. The average Bonchev–Trinajstić information content (AvgIpc) is 3.22. The lowest BCUT2D eigenvalue weighted by atomic mass is 10.3. The topological polar surface area (TPSA) is 93.0 Å². The summed E-state index contributed by atoms with van der Waals surface area (Å²) < 4.78 is 7.84. The molecule has 1 aromatic carbocycles. The maximum absolute atomic E-state index is 5.35. The van der Waals surface area contributed by atoms with E-state index in [0.717, 1.165) is 27.2 Å². The van der Waals surface area contributed by atoms with Crippen molar-refractivity contribution in [1.82, 2.24) is 29.5 Å². The number of methoxy groups -OCH3 is 1. The minimum atomic E-state index is 0.475. The molecule has 0 amide bonds. The molecule has 0 aliphatic rings. The van der Waals surface area contributed by atoms with Gasteiger partial charge in [-0.1, -0.05) is 17.8 Å². The van der Waals surface area contributed by atoms with E-state index >= 15 is 0 Å². The summed E-state index contributed by atoms with van der Waals surface area (Å²) in [6.45, 7) is 0.475. The van der Waals surface area contributed by atoms with Crippen molar-refractivity contribution in [2.45, 2.75) is 11.7 Å². The molecular formula is C15H14BrN7OS. The van der Waals surface area contributed by atoms with Crippen LogP contribution in [-0.2, 0) is 6.54 Å². The van der Waals surface area contributed by atoms with Gasteiger partial charge in [-0.3, -0.25) is 0 Å². The van der Waals surface area contributed by atoms with Gasteiger partial charge in [0.25, 0.3) is 0 Å². The Labute approximate surface area is 155 Å². The van der Waals surface area contributed by atoms with Gasteiger partial charge in [0.05, 0.1) is 25.4 Å². The first-order valence-corrected chi connectivity index (χ1v) is 9.42. The summed E-state index contributed by atoms with van der Waals surface area (Å²) in [5.74, 6) is 2.18. The smallest absolute Gasteiger partial charge is 0.209 e. The molecule has 4 aromatic rings. The third-order valence-corrected chi connectivity index (χ3v) is 4.73. The first kappa shape index (κ1) is 16.2. The lowest BCUT2D eigenvalue weighted by Crippen LogP contribution is -2.08. The predicted octanol–water partition coefficient (Wildman–Crippen LogP) is 3.11. The van der Waals surface area contributed by atoms with Gasteiger partial charge in [0.15, 0.2) is 11.5 Å². The second-order valence-electron chi connectivity index (χ2n) is 5.16. The highest BCUT2D eigenvalue weighted by Crippen LogP contribution is 2.24. The van der Waals surface area contributed by atoms with Gasteiger partial charge in [-0.25, -0.2) is 14.5 Å². The van der Waals surface area contributed by atoms with Gasteiger partial charge < -0.3 is 15.0 Å². The first-order chi connectivity index (χ1) is 12.2. The van der Waals surface area contributed by atoms with Crippen LogP contribution >= 0.6 is 27.7 Å².